The molecular weight excluding hydrogens is 251 g/mol. The van der Waals surface area contributed by atoms with Crippen LogP contribution in [0.3, 0.4) is 0 Å². The van der Waals surface area contributed by atoms with Crippen LogP contribution < -0.4 is 0 Å². The van der Waals surface area contributed by atoms with E-state index in [1.807, 2.05) is 25.1 Å². The van der Waals surface area contributed by atoms with Gasteiger partial charge in [-0.05, 0) is 60.1 Å². The molecule has 20 heavy (non-hydrogen) atoms. The molecule has 0 bridgehead atoms. The zero-order valence-electron chi connectivity index (χ0n) is 11.6. The molecular formula is C18H19FO. The SMILES string of the molecule is Cc1cc(F)ccc1CC(O)c1ccccc1C1CC1. The summed E-state index contributed by atoms with van der Waals surface area (Å²) in [6, 6.07) is 12.9. The number of benzene rings is 2. The second-order valence-corrected chi connectivity index (χ2v) is 5.69. The monoisotopic (exact) mass is 270 g/mol. The highest BCUT2D eigenvalue weighted by atomic mass is 19.1. The fourth-order valence-electron chi connectivity index (χ4n) is 2.79. The Bertz CT molecular complexity index is 617. The van der Waals surface area contributed by atoms with Crippen molar-refractivity contribution in [3.8, 4) is 0 Å². The van der Waals surface area contributed by atoms with Crippen molar-refractivity contribution >= 4 is 0 Å². The van der Waals surface area contributed by atoms with Gasteiger partial charge in [0.05, 0.1) is 6.10 Å². The molecule has 3 rings (SSSR count). The third-order valence-corrected chi connectivity index (χ3v) is 4.09. The molecule has 1 N–H and O–H groups in total. The quantitative estimate of drug-likeness (QED) is 0.878. The van der Waals surface area contributed by atoms with Gasteiger partial charge >= 0.3 is 0 Å². The zero-order valence-corrected chi connectivity index (χ0v) is 11.6. The lowest BCUT2D eigenvalue weighted by Crippen LogP contribution is -2.06. The number of halogens is 1. The third kappa shape index (κ3) is 2.75. The Morgan fingerprint density at radius 1 is 1.20 bits per heavy atom. The summed E-state index contributed by atoms with van der Waals surface area (Å²) in [5, 5.41) is 10.5. The normalized spacial score (nSPS) is 16.1. The van der Waals surface area contributed by atoms with Gasteiger partial charge in [0.2, 0.25) is 0 Å². The molecule has 0 aromatic heterocycles. The lowest BCUT2D eigenvalue weighted by Gasteiger charge is -2.16. The zero-order chi connectivity index (χ0) is 14.1. The average Bonchev–Trinajstić information content (AvgIpc) is 3.26. The Morgan fingerprint density at radius 2 is 1.95 bits per heavy atom. The van der Waals surface area contributed by atoms with Crippen LogP contribution in [-0.4, -0.2) is 5.11 Å². The Morgan fingerprint density at radius 3 is 2.65 bits per heavy atom. The molecule has 2 heteroatoms. The fourth-order valence-corrected chi connectivity index (χ4v) is 2.79. The van der Waals surface area contributed by atoms with E-state index in [1.54, 1.807) is 6.07 Å². The number of aliphatic hydroxyl groups is 1. The van der Waals surface area contributed by atoms with Crippen LogP contribution in [0.5, 0.6) is 0 Å². The van der Waals surface area contributed by atoms with Gasteiger partial charge in [-0.15, -0.1) is 0 Å². The van der Waals surface area contributed by atoms with Crippen LogP contribution in [0.4, 0.5) is 4.39 Å². The molecule has 2 aromatic carbocycles. The summed E-state index contributed by atoms with van der Waals surface area (Å²) in [6.45, 7) is 1.89. The molecule has 1 saturated carbocycles. The average molecular weight is 270 g/mol. The van der Waals surface area contributed by atoms with E-state index < -0.39 is 6.10 Å². The predicted octanol–water partition coefficient (Wildman–Crippen LogP) is 4.29. The van der Waals surface area contributed by atoms with E-state index in [0.717, 1.165) is 16.7 Å². The molecule has 1 aliphatic rings. The van der Waals surface area contributed by atoms with Gasteiger partial charge in [0.1, 0.15) is 5.82 Å². The van der Waals surface area contributed by atoms with Crippen LogP contribution in [0, 0.1) is 12.7 Å². The summed E-state index contributed by atoms with van der Waals surface area (Å²) < 4.78 is 13.1. The van der Waals surface area contributed by atoms with Crippen LogP contribution >= 0.6 is 0 Å². The first-order valence-corrected chi connectivity index (χ1v) is 7.17. The first kappa shape index (κ1) is 13.3. The highest BCUT2D eigenvalue weighted by molar-refractivity contribution is 5.36. The highest BCUT2D eigenvalue weighted by Gasteiger charge is 2.27. The summed E-state index contributed by atoms with van der Waals surface area (Å²) in [5.41, 5.74) is 4.20. The molecule has 2 aromatic rings. The predicted molar refractivity (Wildman–Crippen MR) is 78.2 cm³/mol. The maximum atomic E-state index is 13.1. The number of rotatable bonds is 4. The minimum atomic E-state index is -0.518. The van der Waals surface area contributed by atoms with Gasteiger partial charge in [0.15, 0.2) is 0 Å². The molecule has 0 amide bonds. The summed E-state index contributed by atoms with van der Waals surface area (Å²) >= 11 is 0. The molecule has 0 heterocycles. The van der Waals surface area contributed by atoms with Crippen molar-refractivity contribution in [1.29, 1.82) is 0 Å². The van der Waals surface area contributed by atoms with Crippen LogP contribution in [0.15, 0.2) is 42.5 Å². The van der Waals surface area contributed by atoms with E-state index in [4.69, 9.17) is 0 Å². The second-order valence-electron chi connectivity index (χ2n) is 5.69. The van der Waals surface area contributed by atoms with Crippen molar-refractivity contribution in [1.82, 2.24) is 0 Å². The van der Waals surface area contributed by atoms with E-state index in [2.05, 4.69) is 6.07 Å². The van der Waals surface area contributed by atoms with E-state index in [9.17, 15) is 9.50 Å². The molecule has 1 nitrogen and oxygen atoms in total. The smallest absolute Gasteiger partial charge is 0.123 e. The topological polar surface area (TPSA) is 20.2 Å². The van der Waals surface area contributed by atoms with E-state index >= 15 is 0 Å². The Hall–Kier alpha value is -1.67. The van der Waals surface area contributed by atoms with Gasteiger partial charge in [-0.25, -0.2) is 4.39 Å². The largest absolute Gasteiger partial charge is 0.388 e. The van der Waals surface area contributed by atoms with Crippen LogP contribution in [-0.2, 0) is 6.42 Å². The van der Waals surface area contributed by atoms with Crippen molar-refractivity contribution in [3.05, 3.63) is 70.5 Å². The number of aryl methyl sites for hydroxylation is 1. The molecule has 0 spiro atoms. The van der Waals surface area contributed by atoms with Crippen LogP contribution in [0.1, 0.15) is 47.1 Å². The van der Waals surface area contributed by atoms with Gasteiger partial charge in [-0.2, -0.15) is 0 Å². The maximum Gasteiger partial charge on any atom is 0.123 e. The lowest BCUT2D eigenvalue weighted by molar-refractivity contribution is 0.177. The molecule has 0 aliphatic heterocycles. The van der Waals surface area contributed by atoms with Gasteiger partial charge in [0, 0.05) is 6.42 Å². The second kappa shape index (κ2) is 5.37. The molecule has 0 saturated heterocycles. The summed E-state index contributed by atoms with van der Waals surface area (Å²) in [4.78, 5) is 0. The van der Waals surface area contributed by atoms with E-state index in [-0.39, 0.29) is 5.82 Å². The summed E-state index contributed by atoms with van der Waals surface area (Å²) in [5.74, 6) is 0.397. The molecule has 1 aliphatic carbocycles. The number of hydrogen-bond acceptors (Lipinski definition) is 1. The fraction of sp³-hybridized carbons (Fsp3) is 0.333. The van der Waals surface area contributed by atoms with Crippen molar-refractivity contribution < 1.29 is 9.50 Å². The van der Waals surface area contributed by atoms with Crippen molar-refractivity contribution in [3.63, 3.8) is 0 Å². The molecule has 1 unspecified atom stereocenters. The first-order valence-electron chi connectivity index (χ1n) is 7.17. The van der Waals surface area contributed by atoms with E-state index in [1.165, 1.54) is 30.5 Å². The maximum absolute atomic E-state index is 13.1. The van der Waals surface area contributed by atoms with Crippen molar-refractivity contribution in [2.75, 3.05) is 0 Å². The van der Waals surface area contributed by atoms with E-state index in [0.29, 0.717) is 12.3 Å². The number of hydrogen-bond donors (Lipinski definition) is 1. The Labute approximate surface area is 119 Å². The summed E-state index contributed by atoms with van der Waals surface area (Å²) in [6.07, 6.45) is 2.46. The van der Waals surface area contributed by atoms with Gasteiger partial charge in [-0.1, -0.05) is 30.3 Å². The molecule has 0 radical (unpaired) electrons. The number of aliphatic hydroxyl groups excluding tert-OH is 1. The summed E-state index contributed by atoms with van der Waals surface area (Å²) in [7, 11) is 0. The lowest BCUT2D eigenvalue weighted by atomic mass is 9.93. The van der Waals surface area contributed by atoms with Gasteiger partial charge in [0.25, 0.3) is 0 Å². The standard InChI is InChI=1S/C18H19FO/c1-12-10-15(19)9-8-14(12)11-18(20)17-5-3-2-4-16(17)13-6-7-13/h2-5,8-10,13,18,20H,6-7,11H2,1H3. The van der Waals surface area contributed by atoms with Crippen LogP contribution in [0.25, 0.3) is 0 Å². The molecule has 1 atom stereocenters. The highest BCUT2D eigenvalue weighted by Crippen LogP contribution is 2.43. The molecule has 1 fully saturated rings. The minimum Gasteiger partial charge on any atom is -0.388 e. The van der Waals surface area contributed by atoms with Crippen LogP contribution in [0.2, 0.25) is 0 Å². The van der Waals surface area contributed by atoms with Crippen molar-refractivity contribution in [2.45, 2.75) is 38.2 Å². The Kier molecular flexibility index (Phi) is 3.58. The van der Waals surface area contributed by atoms with Gasteiger partial charge in [-0.3, -0.25) is 0 Å². The van der Waals surface area contributed by atoms with Gasteiger partial charge < -0.3 is 5.11 Å². The molecule has 104 valence electrons. The van der Waals surface area contributed by atoms with Crippen molar-refractivity contribution in [2.24, 2.45) is 0 Å². The first-order chi connectivity index (χ1) is 9.65. The Balaban J connectivity index is 1.84. The third-order valence-electron chi connectivity index (χ3n) is 4.09. The minimum absolute atomic E-state index is 0.223.